The number of benzene rings is 1. The molecular weight excluding hydrogens is 330 g/mol. The van der Waals surface area contributed by atoms with Crippen LogP contribution in [-0.4, -0.2) is 57.7 Å². The first-order valence-electron chi connectivity index (χ1n) is 6.24. The fourth-order valence-corrected chi connectivity index (χ4v) is 2.36. The zero-order valence-electron chi connectivity index (χ0n) is 11.0. The summed E-state index contributed by atoms with van der Waals surface area (Å²) in [5.41, 5.74) is 1.80. The van der Waals surface area contributed by atoms with Gasteiger partial charge in [-0.05, 0) is 24.6 Å². The van der Waals surface area contributed by atoms with E-state index in [1.54, 1.807) is 0 Å². The first-order chi connectivity index (χ1) is 9.33. The van der Waals surface area contributed by atoms with Gasteiger partial charge in [-0.2, -0.15) is 0 Å². The molecule has 0 spiro atoms. The maximum Gasteiger partial charge on any atom is 0.212 e. The van der Waals surface area contributed by atoms with Crippen LogP contribution >= 0.6 is 15.9 Å². The summed E-state index contributed by atoms with van der Waals surface area (Å²) >= 11 is 3.40. The number of aliphatic hydroxyl groups excluding tert-OH is 3. The van der Waals surface area contributed by atoms with E-state index in [9.17, 15) is 20.4 Å². The summed E-state index contributed by atoms with van der Waals surface area (Å²) in [6.07, 6.45) is -4.24. The molecule has 1 aromatic carbocycles. The van der Waals surface area contributed by atoms with Gasteiger partial charge in [0, 0.05) is 10.2 Å². The molecule has 0 amide bonds. The Morgan fingerprint density at radius 3 is 2.75 bits per heavy atom. The minimum absolute atomic E-state index is 0.118. The van der Waals surface area contributed by atoms with Crippen LogP contribution in [0.25, 0.3) is 0 Å². The van der Waals surface area contributed by atoms with Crippen molar-refractivity contribution in [2.45, 2.75) is 31.0 Å². The smallest absolute Gasteiger partial charge is 0.212 e. The molecule has 1 fully saturated rings. The molecule has 0 aromatic heterocycles. The second kappa shape index (κ2) is 5.97. The van der Waals surface area contributed by atoms with Crippen LogP contribution in [-0.2, 0) is 4.74 Å². The second-order valence-corrected chi connectivity index (χ2v) is 5.83. The number of aliphatic hydroxyl groups is 4. The molecule has 0 radical (unpaired) electrons. The van der Waals surface area contributed by atoms with Crippen LogP contribution in [0.5, 0.6) is 0 Å². The van der Waals surface area contributed by atoms with Gasteiger partial charge in [0.1, 0.15) is 18.3 Å². The van der Waals surface area contributed by atoms with Gasteiger partial charge in [0.25, 0.3) is 0 Å². The molecule has 112 valence electrons. The lowest BCUT2D eigenvalue weighted by molar-refractivity contribution is -0.313. The van der Waals surface area contributed by atoms with E-state index in [4.69, 9.17) is 4.74 Å². The molecule has 2 rings (SSSR count). The molecule has 6 nitrogen and oxygen atoms in total. The SMILES string of the molecule is Cc1ccc(NC[C@@]2(O)OC[C@@H](O)[C@@H](O)[C@@H]2O)cc1Br. The van der Waals surface area contributed by atoms with Crippen molar-refractivity contribution in [3.8, 4) is 0 Å². The van der Waals surface area contributed by atoms with Gasteiger partial charge in [-0.15, -0.1) is 0 Å². The molecule has 7 heteroatoms. The van der Waals surface area contributed by atoms with Crippen molar-refractivity contribution >= 4 is 21.6 Å². The Morgan fingerprint density at radius 1 is 1.40 bits per heavy atom. The Hall–Kier alpha value is -0.700. The van der Waals surface area contributed by atoms with Crippen molar-refractivity contribution in [2.75, 3.05) is 18.5 Å². The van der Waals surface area contributed by atoms with Gasteiger partial charge >= 0.3 is 0 Å². The summed E-state index contributed by atoms with van der Waals surface area (Å²) in [5.74, 6) is -1.95. The van der Waals surface area contributed by atoms with Crippen LogP contribution in [0, 0.1) is 6.92 Å². The highest BCUT2D eigenvalue weighted by Gasteiger charge is 2.48. The summed E-state index contributed by atoms with van der Waals surface area (Å²) in [6, 6.07) is 5.55. The molecule has 5 N–H and O–H groups in total. The number of nitrogens with one attached hydrogen (secondary N) is 1. The number of hydrogen-bond acceptors (Lipinski definition) is 6. The van der Waals surface area contributed by atoms with Crippen molar-refractivity contribution in [1.29, 1.82) is 0 Å². The van der Waals surface area contributed by atoms with Crippen LogP contribution in [0.2, 0.25) is 0 Å². The Balaban J connectivity index is 2.03. The molecule has 1 saturated heterocycles. The lowest BCUT2D eigenvalue weighted by Gasteiger charge is -2.41. The molecule has 0 unspecified atom stereocenters. The Kier molecular flexibility index (Phi) is 4.68. The Bertz CT molecular complexity index is 486. The van der Waals surface area contributed by atoms with Crippen molar-refractivity contribution < 1.29 is 25.2 Å². The van der Waals surface area contributed by atoms with E-state index in [1.807, 2.05) is 25.1 Å². The summed E-state index contributed by atoms with van der Waals surface area (Å²) in [7, 11) is 0. The summed E-state index contributed by atoms with van der Waals surface area (Å²) in [5, 5.41) is 41.9. The second-order valence-electron chi connectivity index (χ2n) is 4.98. The number of anilines is 1. The molecule has 0 bridgehead atoms. The average Bonchev–Trinajstić information content (AvgIpc) is 2.43. The molecule has 1 heterocycles. The molecule has 20 heavy (non-hydrogen) atoms. The van der Waals surface area contributed by atoms with Crippen molar-refractivity contribution in [2.24, 2.45) is 0 Å². The number of rotatable bonds is 3. The van der Waals surface area contributed by atoms with Crippen molar-refractivity contribution in [3.05, 3.63) is 28.2 Å². The lowest BCUT2D eigenvalue weighted by Crippen LogP contribution is -2.63. The van der Waals surface area contributed by atoms with E-state index in [-0.39, 0.29) is 13.2 Å². The van der Waals surface area contributed by atoms with Crippen LogP contribution in [0.4, 0.5) is 5.69 Å². The number of aryl methyl sites for hydroxylation is 1. The fraction of sp³-hybridized carbons (Fsp3) is 0.538. The monoisotopic (exact) mass is 347 g/mol. The predicted octanol–water partition coefficient (Wildman–Crippen LogP) is -0.0291. The van der Waals surface area contributed by atoms with Crippen LogP contribution in [0.15, 0.2) is 22.7 Å². The third kappa shape index (κ3) is 3.13. The molecule has 4 atom stereocenters. The first kappa shape index (κ1) is 15.7. The van der Waals surface area contributed by atoms with Gasteiger partial charge in [-0.1, -0.05) is 22.0 Å². The highest BCUT2D eigenvalue weighted by Crippen LogP contribution is 2.26. The van der Waals surface area contributed by atoms with E-state index in [0.29, 0.717) is 0 Å². The van der Waals surface area contributed by atoms with Gasteiger partial charge in [-0.3, -0.25) is 0 Å². The largest absolute Gasteiger partial charge is 0.388 e. The van der Waals surface area contributed by atoms with E-state index in [1.165, 1.54) is 0 Å². The van der Waals surface area contributed by atoms with E-state index >= 15 is 0 Å². The zero-order chi connectivity index (χ0) is 14.9. The molecule has 1 aliphatic rings. The first-order valence-corrected chi connectivity index (χ1v) is 7.03. The number of hydrogen-bond donors (Lipinski definition) is 5. The van der Waals surface area contributed by atoms with E-state index in [0.717, 1.165) is 15.7 Å². The highest BCUT2D eigenvalue weighted by molar-refractivity contribution is 9.10. The van der Waals surface area contributed by atoms with E-state index in [2.05, 4.69) is 21.2 Å². The molecule has 0 aliphatic carbocycles. The maximum atomic E-state index is 10.2. The van der Waals surface area contributed by atoms with Gasteiger partial charge < -0.3 is 30.5 Å². The van der Waals surface area contributed by atoms with Crippen LogP contribution in [0.3, 0.4) is 0 Å². The molecule has 0 saturated carbocycles. The maximum absolute atomic E-state index is 10.2. The standard InChI is InChI=1S/C13H18BrNO5/c1-7-2-3-8(4-9(7)14)15-6-13(19)12(18)11(17)10(16)5-20-13/h2-4,10-12,15-19H,5-6H2,1H3/t10-,11-,12+,13-/m1/s1. The summed E-state index contributed by atoms with van der Waals surface area (Å²) in [4.78, 5) is 0. The van der Waals surface area contributed by atoms with Crippen LogP contribution in [0.1, 0.15) is 5.56 Å². The molecule has 1 aromatic rings. The number of ether oxygens (including phenoxy) is 1. The third-order valence-electron chi connectivity index (χ3n) is 3.40. The Labute approximate surface area is 125 Å². The van der Waals surface area contributed by atoms with Crippen LogP contribution < -0.4 is 5.32 Å². The normalized spacial score (nSPS) is 34.0. The zero-order valence-corrected chi connectivity index (χ0v) is 12.5. The van der Waals surface area contributed by atoms with Gasteiger partial charge in [0.15, 0.2) is 0 Å². The van der Waals surface area contributed by atoms with Gasteiger partial charge in [0.05, 0.1) is 13.2 Å². The van der Waals surface area contributed by atoms with E-state index < -0.39 is 24.1 Å². The minimum atomic E-state index is -1.95. The predicted molar refractivity (Wildman–Crippen MR) is 76.3 cm³/mol. The molecular formula is C13H18BrNO5. The average molecular weight is 348 g/mol. The highest BCUT2D eigenvalue weighted by atomic mass is 79.9. The Morgan fingerprint density at radius 2 is 2.10 bits per heavy atom. The summed E-state index contributed by atoms with van der Waals surface area (Å²) in [6.45, 7) is 1.59. The van der Waals surface area contributed by atoms with Gasteiger partial charge in [-0.25, -0.2) is 0 Å². The quantitative estimate of drug-likeness (QED) is 0.526. The fourth-order valence-electron chi connectivity index (χ4n) is 1.98. The summed E-state index contributed by atoms with van der Waals surface area (Å²) < 4.78 is 5.97. The molecule has 1 aliphatic heterocycles. The number of halogens is 1. The van der Waals surface area contributed by atoms with Crippen molar-refractivity contribution in [3.63, 3.8) is 0 Å². The van der Waals surface area contributed by atoms with Crippen molar-refractivity contribution in [1.82, 2.24) is 0 Å². The minimum Gasteiger partial charge on any atom is -0.388 e. The third-order valence-corrected chi connectivity index (χ3v) is 4.26. The lowest BCUT2D eigenvalue weighted by atomic mass is 9.97. The topological polar surface area (TPSA) is 102 Å². The van der Waals surface area contributed by atoms with Gasteiger partial charge in [0.2, 0.25) is 5.79 Å².